The molecule has 0 aromatic heterocycles. The van der Waals surface area contributed by atoms with E-state index in [0.717, 1.165) is 5.71 Å². The molecule has 32 heavy (non-hydrogen) atoms. The van der Waals surface area contributed by atoms with Gasteiger partial charge in [0.25, 0.3) is 5.91 Å². The van der Waals surface area contributed by atoms with E-state index in [1.54, 1.807) is 37.3 Å². The summed E-state index contributed by atoms with van der Waals surface area (Å²) in [5, 5.41) is 5.69. The van der Waals surface area contributed by atoms with Crippen LogP contribution in [0.5, 0.6) is 0 Å². The number of hydrogen-bond donors (Lipinski definition) is 3. The van der Waals surface area contributed by atoms with Crippen LogP contribution in [0.2, 0.25) is 0 Å². The Bertz CT molecular complexity index is 1220. The highest BCUT2D eigenvalue weighted by Gasteiger charge is 2.27. The van der Waals surface area contributed by atoms with Crippen LogP contribution in [0.4, 0.5) is 17.1 Å². The largest absolute Gasteiger partial charge is 0.397 e. The van der Waals surface area contributed by atoms with Crippen LogP contribution in [-0.2, 0) is 9.59 Å². The van der Waals surface area contributed by atoms with Gasteiger partial charge in [0.1, 0.15) is 0 Å². The van der Waals surface area contributed by atoms with Crippen molar-refractivity contribution in [2.45, 2.75) is 26.7 Å². The van der Waals surface area contributed by atoms with Gasteiger partial charge in [-0.2, -0.15) is 0 Å². The average molecular weight is 428 g/mol. The third-order valence-electron chi connectivity index (χ3n) is 5.63. The molecule has 1 unspecified atom stereocenters. The molecule has 2 amide bonds. The molecular weight excluding hydrogens is 404 g/mol. The Morgan fingerprint density at radius 1 is 1.16 bits per heavy atom. The molecule has 7 nitrogen and oxygen atoms in total. The van der Waals surface area contributed by atoms with Crippen LogP contribution < -0.4 is 16.4 Å². The number of Topliss-reactive ketones (excluding diaryl/α,β-unsaturated/α-hetero) is 1. The summed E-state index contributed by atoms with van der Waals surface area (Å²) in [6, 6.07) is 12.3. The maximum Gasteiger partial charge on any atom is 0.258 e. The van der Waals surface area contributed by atoms with Gasteiger partial charge in [-0.05, 0) is 63.1 Å². The summed E-state index contributed by atoms with van der Waals surface area (Å²) in [6.07, 6.45) is 4.86. The lowest BCUT2D eigenvalue weighted by Gasteiger charge is -2.18. The normalized spacial score (nSPS) is 20.0. The molecule has 0 saturated carbocycles. The van der Waals surface area contributed by atoms with Crippen molar-refractivity contribution in [1.29, 1.82) is 0 Å². The van der Waals surface area contributed by atoms with Crippen molar-refractivity contribution in [1.82, 2.24) is 0 Å². The van der Waals surface area contributed by atoms with E-state index in [1.807, 2.05) is 24.3 Å². The number of aliphatic imine (C=N–C) groups is 1. The second-order valence-electron chi connectivity index (χ2n) is 7.92. The van der Waals surface area contributed by atoms with Crippen LogP contribution in [0.25, 0.3) is 5.57 Å². The van der Waals surface area contributed by atoms with E-state index >= 15 is 0 Å². The van der Waals surface area contributed by atoms with Gasteiger partial charge in [-0.3, -0.25) is 19.4 Å². The number of para-hydroxylation sites is 2. The van der Waals surface area contributed by atoms with E-state index in [4.69, 9.17) is 5.73 Å². The van der Waals surface area contributed by atoms with Gasteiger partial charge in [0, 0.05) is 22.5 Å². The first kappa shape index (κ1) is 21.2. The summed E-state index contributed by atoms with van der Waals surface area (Å²) in [5.41, 5.74) is 10.7. The van der Waals surface area contributed by atoms with Crippen molar-refractivity contribution in [2.24, 2.45) is 10.9 Å². The Kier molecular flexibility index (Phi) is 5.73. The summed E-state index contributed by atoms with van der Waals surface area (Å²) in [7, 11) is 0. The summed E-state index contributed by atoms with van der Waals surface area (Å²) in [5.74, 6) is -0.698. The minimum Gasteiger partial charge on any atom is -0.397 e. The minimum absolute atomic E-state index is 0.0627. The lowest BCUT2D eigenvalue weighted by Crippen LogP contribution is -2.24. The van der Waals surface area contributed by atoms with E-state index in [-0.39, 0.29) is 23.5 Å². The molecule has 0 bridgehead atoms. The Labute approximate surface area is 186 Å². The summed E-state index contributed by atoms with van der Waals surface area (Å²) in [6.45, 7) is 3.27. The number of ketones is 1. The van der Waals surface area contributed by atoms with Crippen LogP contribution in [0.15, 0.2) is 65.3 Å². The van der Waals surface area contributed by atoms with E-state index in [9.17, 15) is 14.4 Å². The molecule has 7 heteroatoms. The number of rotatable bonds is 4. The smallest absolute Gasteiger partial charge is 0.258 e. The summed E-state index contributed by atoms with van der Waals surface area (Å²) < 4.78 is 0. The number of carbonyl (C=O) groups is 3. The van der Waals surface area contributed by atoms with Crippen molar-refractivity contribution in [3.8, 4) is 0 Å². The fourth-order valence-corrected chi connectivity index (χ4v) is 3.87. The molecule has 1 heterocycles. The molecule has 2 aliphatic rings. The zero-order valence-electron chi connectivity index (χ0n) is 17.9. The fourth-order valence-electron chi connectivity index (χ4n) is 3.87. The second-order valence-corrected chi connectivity index (χ2v) is 7.92. The minimum atomic E-state index is -0.282. The number of nitrogens with two attached hydrogens (primary N) is 1. The van der Waals surface area contributed by atoms with Crippen molar-refractivity contribution >= 4 is 45.9 Å². The number of amides is 2. The number of hydrogen-bond acceptors (Lipinski definition) is 5. The van der Waals surface area contributed by atoms with Gasteiger partial charge in [0.05, 0.1) is 28.6 Å². The van der Waals surface area contributed by atoms with E-state index in [1.165, 1.54) is 6.92 Å². The molecular formula is C25H24N4O3. The second kappa shape index (κ2) is 8.63. The van der Waals surface area contributed by atoms with Gasteiger partial charge in [-0.15, -0.1) is 0 Å². The average Bonchev–Trinajstić information content (AvgIpc) is 3.10. The molecule has 2 aromatic rings. The molecule has 1 aliphatic heterocycles. The van der Waals surface area contributed by atoms with Gasteiger partial charge in [-0.1, -0.05) is 18.2 Å². The summed E-state index contributed by atoms with van der Waals surface area (Å²) in [4.78, 5) is 41.5. The molecule has 0 radical (unpaired) electrons. The van der Waals surface area contributed by atoms with Crippen molar-refractivity contribution in [2.75, 3.05) is 16.4 Å². The Morgan fingerprint density at radius 3 is 2.62 bits per heavy atom. The van der Waals surface area contributed by atoms with Gasteiger partial charge < -0.3 is 16.4 Å². The van der Waals surface area contributed by atoms with Crippen molar-refractivity contribution in [3.63, 3.8) is 0 Å². The van der Waals surface area contributed by atoms with Crippen molar-refractivity contribution in [3.05, 3.63) is 71.4 Å². The maximum atomic E-state index is 12.6. The number of anilines is 3. The Balaban J connectivity index is 1.53. The monoisotopic (exact) mass is 428 g/mol. The topological polar surface area (TPSA) is 114 Å². The highest BCUT2D eigenvalue weighted by Crippen LogP contribution is 2.35. The fraction of sp³-hybridized carbons (Fsp3) is 0.200. The van der Waals surface area contributed by atoms with Gasteiger partial charge in [0.15, 0.2) is 5.78 Å². The molecule has 4 rings (SSSR count). The number of nitrogen functional groups attached to an aromatic ring is 1. The SMILES string of the molecule is CC(=O)c1ccc2c(c1)/C(=C(\C)N=C1C=CC(C(=O)Nc3ccccc3N)CC1)C(=O)N2. The van der Waals surface area contributed by atoms with Crippen LogP contribution in [0.1, 0.15) is 42.6 Å². The number of benzene rings is 2. The van der Waals surface area contributed by atoms with E-state index < -0.39 is 0 Å². The zero-order valence-corrected chi connectivity index (χ0v) is 17.9. The predicted molar refractivity (Wildman–Crippen MR) is 126 cm³/mol. The lowest BCUT2D eigenvalue weighted by molar-refractivity contribution is -0.118. The highest BCUT2D eigenvalue weighted by atomic mass is 16.2. The first-order valence-corrected chi connectivity index (χ1v) is 10.4. The molecule has 162 valence electrons. The van der Waals surface area contributed by atoms with Gasteiger partial charge >= 0.3 is 0 Å². The molecule has 4 N–H and O–H groups in total. The molecule has 0 fully saturated rings. The van der Waals surface area contributed by atoms with Gasteiger partial charge in [0.2, 0.25) is 5.91 Å². The third-order valence-corrected chi connectivity index (χ3v) is 5.63. The molecule has 2 aromatic carbocycles. The van der Waals surface area contributed by atoms with Crippen LogP contribution in [0, 0.1) is 5.92 Å². The molecule has 1 aliphatic carbocycles. The van der Waals surface area contributed by atoms with Crippen molar-refractivity contribution < 1.29 is 14.4 Å². The predicted octanol–water partition coefficient (Wildman–Crippen LogP) is 4.20. The zero-order chi connectivity index (χ0) is 22.8. The molecule has 0 spiro atoms. The first-order chi connectivity index (χ1) is 15.3. The van der Waals surface area contributed by atoms with Crippen LogP contribution in [0.3, 0.4) is 0 Å². The highest BCUT2D eigenvalue weighted by molar-refractivity contribution is 6.32. The number of carbonyl (C=O) groups excluding carboxylic acids is 3. The standard InChI is InChI=1S/C25H24N4O3/c1-14(23-19-13-17(15(2)30)9-12-21(19)28-25(23)32)27-18-10-7-16(8-11-18)24(31)29-22-6-4-3-5-20(22)26/h3-7,9-10,12-13,16H,8,11,26H2,1-2H3,(H,28,32)(H,29,31)/b23-14-,27-18?. The van der Waals surface area contributed by atoms with Crippen LogP contribution in [-0.4, -0.2) is 23.3 Å². The molecule has 0 saturated heterocycles. The first-order valence-electron chi connectivity index (χ1n) is 10.4. The lowest BCUT2D eigenvalue weighted by atomic mass is 9.93. The Morgan fingerprint density at radius 2 is 1.94 bits per heavy atom. The number of nitrogens with one attached hydrogen (secondary N) is 2. The molecule has 1 atom stereocenters. The van der Waals surface area contributed by atoms with E-state index in [2.05, 4.69) is 15.6 Å². The third kappa shape index (κ3) is 4.23. The summed E-state index contributed by atoms with van der Waals surface area (Å²) >= 11 is 0. The van der Waals surface area contributed by atoms with E-state index in [0.29, 0.717) is 52.3 Å². The number of nitrogens with zero attached hydrogens (tertiary/aromatic N) is 1. The maximum absolute atomic E-state index is 12.6. The number of allylic oxidation sites excluding steroid dienone is 2. The van der Waals surface area contributed by atoms with Gasteiger partial charge in [-0.25, -0.2) is 0 Å². The number of fused-ring (bicyclic) bond motifs is 1. The Hall–Kier alpha value is -4.00. The quantitative estimate of drug-likeness (QED) is 0.385. The van der Waals surface area contributed by atoms with Crippen LogP contribution >= 0.6 is 0 Å².